The number of carbonyl (C=O) groups excluding carboxylic acids is 1. The highest BCUT2D eigenvalue weighted by molar-refractivity contribution is 7.08. The van der Waals surface area contributed by atoms with Gasteiger partial charge in [0.05, 0.1) is 17.4 Å². The van der Waals surface area contributed by atoms with Gasteiger partial charge >= 0.3 is 0 Å². The number of aromatic nitrogens is 2. The number of amides is 1. The van der Waals surface area contributed by atoms with E-state index in [1.807, 2.05) is 32.6 Å². The molecule has 6 heteroatoms. The second-order valence-electron chi connectivity index (χ2n) is 5.28. The van der Waals surface area contributed by atoms with Crippen molar-refractivity contribution in [2.45, 2.75) is 45.8 Å². The van der Waals surface area contributed by atoms with Gasteiger partial charge in [0.15, 0.2) is 0 Å². The molecule has 100 valence electrons. The first-order valence-electron chi connectivity index (χ1n) is 6.21. The minimum atomic E-state index is -0.294. The Kier molecular flexibility index (Phi) is 3.68. The van der Waals surface area contributed by atoms with Crippen LogP contribution in [0, 0.1) is 0 Å². The monoisotopic (exact) mass is 269 g/mol. The van der Waals surface area contributed by atoms with Crippen molar-refractivity contribution in [2.75, 3.05) is 13.1 Å². The summed E-state index contributed by atoms with van der Waals surface area (Å²) in [6.07, 6.45) is 0.796. The van der Waals surface area contributed by atoms with E-state index in [9.17, 15) is 4.79 Å². The van der Waals surface area contributed by atoms with E-state index in [0.717, 1.165) is 12.1 Å². The zero-order chi connectivity index (χ0) is 13.3. The normalized spacial score (nSPS) is 23.1. The van der Waals surface area contributed by atoms with Crippen LogP contribution >= 0.6 is 11.5 Å². The van der Waals surface area contributed by atoms with E-state index in [2.05, 4.69) is 9.59 Å². The maximum Gasteiger partial charge on any atom is 0.267 e. The number of ether oxygens (including phenoxy) is 1. The maximum absolute atomic E-state index is 12.5. The van der Waals surface area contributed by atoms with Crippen LogP contribution in [0.2, 0.25) is 0 Å². The predicted octanol–water partition coefficient (Wildman–Crippen LogP) is 1.74. The Labute approximate surface area is 111 Å². The molecule has 0 unspecified atom stereocenters. The third-order valence-corrected chi connectivity index (χ3v) is 3.70. The average Bonchev–Trinajstić information content (AvgIpc) is 2.73. The molecule has 1 aliphatic heterocycles. The van der Waals surface area contributed by atoms with Crippen LogP contribution in [-0.2, 0) is 11.2 Å². The number of nitrogens with zero attached hydrogens (tertiary/aromatic N) is 3. The summed E-state index contributed by atoms with van der Waals surface area (Å²) < 4.78 is 9.68. The number of hydrogen-bond donors (Lipinski definition) is 0. The fourth-order valence-electron chi connectivity index (χ4n) is 2.35. The summed E-state index contributed by atoms with van der Waals surface area (Å²) in [6, 6.07) is 0. The fraction of sp³-hybridized carbons (Fsp3) is 0.750. The Balaban J connectivity index is 2.18. The Morgan fingerprint density at radius 3 is 2.94 bits per heavy atom. The van der Waals surface area contributed by atoms with Gasteiger partial charge in [-0.1, -0.05) is 11.4 Å². The summed E-state index contributed by atoms with van der Waals surface area (Å²) in [5.41, 5.74) is 0.500. The van der Waals surface area contributed by atoms with Gasteiger partial charge in [0.25, 0.3) is 5.91 Å². The van der Waals surface area contributed by atoms with E-state index >= 15 is 0 Å². The number of morpholine rings is 1. The summed E-state index contributed by atoms with van der Waals surface area (Å²) in [6.45, 7) is 9.23. The standard InChI is InChI=1S/C12H19N3O2S/c1-5-9-10(18-14-13-9)11(16)15-6-8(2)17-12(3,4)7-15/h8H,5-7H2,1-4H3/t8-/m0/s1. The van der Waals surface area contributed by atoms with Gasteiger partial charge < -0.3 is 9.64 Å². The van der Waals surface area contributed by atoms with Gasteiger partial charge in [-0.25, -0.2) is 0 Å². The van der Waals surface area contributed by atoms with Crippen LogP contribution in [0.3, 0.4) is 0 Å². The molecule has 0 radical (unpaired) electrons. The van der Waals surface area contributed by atoms with Crippen molar-refractivity contribution in [1.29, 1.82) is 0 Å². The third kappa shape index (κ3) is 2.70. The second-order valence-corrected chi connectivity index (χ2v) is 6.03. The lowest BCUT2D eigenvalue weighted by atomic mass is 10.1. The van der Waals surface area contributed by atoms with Crippen molar-refractivity contribution in [2.24, 2.45) is 0 Å². The SMILES string of the molecule is CCc1nnsc1C(=O)N1C[C@H](C)OC(C)(C)C1. The van der Waals surface area contributed by atoms with Crippen molar-refractivity contribution in [1.82, 2.24) is 14.5 Å². The molecule has 0 saturated carbocycles. The summed E-state index contributed by atoms with van der Waals surface area (Å²) >= 11 is 1.18. The van der Waals surface area contributed by atoms with Gasteiger partial charge in [-0.15, -0.1) is 5.10 Å². The molecular formula is C12H19N3O2S. The highest BCUT2D eigenvalue weighted by Gasteiger charge is 2.35. The van der Waals surface area contributed by atoms with Crippen LogP contribution in [0.1, 0.15) is 43.1 Å². The second kappa shape index (κ2) is 4.93. The van der Waals surface area contributed by atoms with E-state index in [1.165, 1.54) is 11.5 Å². The first-order valence-corrected chi connectivity index (χ1v) is 6.98. The van der Waals surface area contributed by atoms with Crippen LogP contribution in [-0.4, -0.2) is 45.2 Å². The van der Waals surface area contributed by atoms with E-state index in [4.69, 9.17) is 4.74 Å². The number of aryl methyl sites for hydroxylation is 1. The molecule has 2 heterocycles. The molecule has 0 aromatic carbocycles. The lowest BCUT2D eigenvalue weighted by molar-refractivity contribution is -0.118. The summed E-state index contributed by atoms with van der Waals surface area (Å²) in [7, 11) is 0. The van der Waals surface area contributed by atoms with Crippen LogP contribution in [0.25, 0.3) is 0 Å². The zero-order valence-corrected chi connectivity index (χ0v) is 12.1. The molecule has 1 aromatic heterocycles. The average molecular weight is 269 g/mol. The Morgan fingerprint density at radius 2 is 2.33 bits per heavy atom. The molecule has 1 aliphatic rings. The van der Waals surface area contributed by atoms with Crippen molar-refractivity contribution in [3.8, 4) is 0 Å². The van der Waals surface area contributed by atoms with Crippen molar-refractivity contribution < 1.29 is 9.53 Å². The van der Waals surface area contributed by atoms with Crippen LogP contribution in [0.4, 0.5) is 0 Å². The van der Waals surface area contributed by atoms with E-state index < -0.39 is 0 Å². The molecule has 0 aliphatic carbocycles. The van der Waals surface area contributed by atoms with E-state index in [0.29, 0.717) is 18.0 Å². The lowest BCUT2D eigenvalue weighted by Gasteiger charge is -2.41. The molecule has 0 spiro atoms. The van der Waals surface area contributed by atoms with Gasteiger partial charge in [-0.3, -0.25) is 4.79 Å². The van der Waals surface area contributed by atoms with E-state index in [1.54, 1.807) is 0 Å². The molecule has 18 heavy (non-hydrogen) atoms. The smallest absolute Gasteiger partial charge is 0.267 e. The lowest BCUT2D eigenvalue weighted by Crippen LogP contribution is -2.53. The van der Waals surface area contributed by atoms with Gasteiger partial charge in [-0.05, 0) is 38.7 Å². The molecule has 0 N–H and O–H groups in total. The molecule has 1 aromatic rings. The van der Waals surface area contributed by atoms with Crippen molar-refractivity contribution >= 4 is 17.4 Å². The van der Waals surface area contributed by atoms with Gasteiger partial charge in [-0.2, -0.15) is 0 Å². The topological polar surface area (TPSA) is 55.3 Å². The number of hydrogen-bond acceptors (Lipinski definition) is 5. The molecule has 1 atom stereocenters. The molecule has 1 amide bonds. The molecule has 1 saturated heterocycles. The van der Waals surface area contributed by atoms with Gasteiger partial charge in [0.2, 0.25) is 0 Å². The molecule has 5 nitrogen and oxygen atoms in total. The van der Waals surface area contributed by atoms with Crippen molar-refractivity contribution in [3.63, 3.8) is 0 Å². The maximum atomic E-state index is 12.5. The Bertz CT molecular complexity index is 444. The minimum absolute atomic E-state index is 0.0325. The molecule has 0 bridgehead atoms. The first kappa shape index (κ1) is 13.4. The summed E-state index contributed by atoms with van der Waals surface area (Å²) in [5.74, 6) is 0.0325. The Morgan fingerprint density at radius 1 is 1.61 bits per heavy atom. The predicted molar refractivity (Wildman–Crippen MR) is 69.8 cm³/mol. The van der Waals surface area contributed by atoms with Crippen LogP contribution in [0.15, 0.2) is 0 Å². The van der Waals surface area contributed by atoms with Gasteiger partial charge in [0, 0.05) is 13.1 Å². The quantitative estimate of drug-likeness (QED) is 0.820. The molecular weight excluding hydrogens is 250 g/mol. The summed E-state index contributed by atoms with van der Waals surface area (Å²) in [4.78, 5) is 15.0. The Hall–Kier alpha value is -1.01. The van der Waals surface area contributed by atoms with Crippen LogP contribution in [0.5, 0.6) is 0 Å². The minimum Gasteiger partial charge on any atom is -0.369 e. The number of carbonyl (C=O) groups is 1. The largest absolute Gasteiger partial charge is 0.369 e. The van der Waals surface area contributed by atoms with Gasteiger partial charge in [0.1, 0.15) is 4.88 Å². The summed E-state index contributed by atoms with van der Waals surface area (Å²) in [5, 5.41) is 4.00. The molecule has 1 fully saturated rings. The fourth-order valence-corrected chi connectivity index (χ4v) is 3.07. The highest BCUT2D eigenvalue weighted by Crippen LogP contribution is 2.24. The highest BCUT2D eigenvalue weighted by atomic mass is 32.1. The van der Waals surface area contributed by atoms with Crippen LogP contribution < -0.4 is 0 Å². The first-order chi connectivity index (χ1) is 8.43. The van der Waals surface area contributed by atoms with E-state index in [-0.39, 0.29) is 17.6 Å². The zero-order valence-electron chi connectivity index (χ0n) is 11.3. The molecule has 2 rings (SSSR count). The number of rotatable bonds is 2. The van der Waals surface area contributed by atoms with Crippen molar-refractivity contribution in [3.05, 3.63) is 10.6 Å². The third-order valence-electron chi connectivity index (χ3n) is 2.94.